The minimum atomic E-state index is -0.456. The molecule has 2 N–H and O–H groups in total. The number of hydrogen-bond acceptors (Lipinski definition) is 2. The van der Waals surface area contributed by atoms with Crippen molar-refractivity contribution in [1.82, 2.24) is 10.6 Å². The molecule has 0 aromatic heterocycles. The van der Waals surface area contributed by atoms with Gasteiger partial charge in [-0.3, -0.25) is 10.1 Å². The van der Waals surface area contributed by atoms with Crippen LogP contribution in [-0.2, 0) is 0 Å². The highest BCUT2D eigenvalue weighted by Gasteiger charge is 2.08. The number of imide groups is 1. The second kappa shape index (κ2) is 8.06. The number of allylic oxidation sites excluding steroid dienone is 1. The van der Waals surface area contributed by atoms with Crippen molar-refractivity contribution in [2.75, 3.05) is 6.54 Å². The number of rotatable bonds is 6. The van der Waals surface area contributed by atoms with Crippen LogP contribution in [0.25, 0.3) is 0 Å². The third kappa shape index (κ3) is 5.30. The maximum atomic E-state index is 11.6. The van der Waals surface area contributed by atoms with Crippen molar-refractivity contribution in [3.8, 4) is 0 Å². The van der Waals surface area contributed by atoms with Crippen molar-refractivity contribution in [2.45, 2.75) is 19.3 Å². The first-order valence-corrected chi connectivity index (χ1v) is 5.99. The number of benzene rings is 1. The van der Waals surface area contributed by atoms with Crippen LogP contribution in [0.1, 0.15) is 29.6 Å². The molecular weight excluding hydrogens is 228 g/mol. The molecule has 0 radical (unpaired) electrons. The van der Waals surface area contributed by atoms with Gasteiger partial charge in [-0.1, -0.05) is 24.3 Å². The molecule has 4 heteroatoms. The standard InChI is InChI=1S/C14H18N2O2/c1-2-3-4-8-11-15-14(18)16-13(17)12-9-6-5-7-10-12/h2,5-7,9-10H,1,3-4,8,11H2,(H2,15,16,17,18). The van der Waals surface area contributed by atoms with Crippen LogP contribution in [0.15, 0.2) is 43.0 Å². The lowest BCUT2D eigenvalue weighted by Crippen LogP contribution is -2.39. The third-order valence-corrected chi connectivity index (χ3v) is 2.38. The highest BCUT2D eigenvalue weighted by atomic mass is 16.2. The van der Waals surface area contributed by atoms with E-state index in [4.69, 9.17) is 0 Å². The Morgan fingerprint density at radius 2 is 1.89 bits per heavy atom. The Morgan fingerprint density at radius 1 is 1.17 bits per heavy atom. The summed E-state index contributed by atoms with van der Waals surface area (Å²) in [6, 6.07) is 8.18. The second-order valence-corrected chi connectivity index (χ2v) is 3.86. The fraction of sp³-hybridized carbons (Fsp3) is 0.286. The molecule has 0 heterocycles. The van der Waals surface area contributed by atoms with Crippen LogP contribution in [0.4, 0.5) is 4.79 Å². The lowest BCUT2D eigenvalue weighted by Gasteiger charge is -2.06. The van der Waals surface area contributed by atoms with Crippen LogP contribution >= 0.6 is 0 Å². The molecule has 96 valence electrons. The Kier molecular flexibility index (Phi) is 6.25. The predicted octanol–water partition coefficient (Wildman–Crippen LogP) is 2.48. The van der Waals surface area contributed by atoms with Gasteiger partial charge in [-0.05, 0) is 31.4 Å². The number of nitrogens with one attached hydrogen (secondary N) is 2. The minimum Gasteiger partial charge on any atom is -0.338 e. The molecule has 1 aromatic carbocycles. The molecule has 4 nitrogen and oxygen atoms in total. The third-order valence-electron chi connectivity index (χ3n) is 2.38. The molecule has 0 saturated carbocycles. The van der Waals surface area contributed by atoms with Gasteiger partial charge in [0.25, 0.3) is 5.91 Å². The van der Waals surface area contributed by atoms with Crippen LogP contribution in [0, 0.1) is 0 Å². The molecule has 0 aliphatic rings. The summed E-state index contributed by atoms with van der Waals surface area (Å²) in [5.74, 6) is -0.390. The molecule has 1 aromatic rings. The second-order valence-electron chi connectivity index (χ2n) is 3.86. The first-order valence-electron chi connectivity index (χ1n) is 5.99. The van der Waals surface area contributed by atoms with E-state index in [9.17, 15) is 9.59 Å². The van der Waals surface area contributed by atoms with Crippen molar-refractivity contribution in [3.05, 3.63) is 48.6 Å². The number of unbranched alkanes of at least 4 members (excludes halogenated alkanes) is 2. The van der Waals surface area contributed by atoms with Gasteiger partial charge in [0, 0.05) is 12.1 Å². The molecule has 0 unspecified atom stereocenters. The van der Waals surface area contributed by atoms with Crippen LogP contribution in [0.3, 0.4) is 0 Å². The summed E-state index contributed by atoms with van der Waals surface area (Å²) >= 11 is 0. The summed E-state index contributed by atoms with van der Waals surface area (Å²) in [6.45, 7) is 4.18. The molecule has 0 spiro atoms. The topological polar surface area (TPSA) is 58.2 Å². The average molecular weight is 246 g/mol. The summed E-state index contributed by atoms with van der Waals surface area (Å²) in [7, 11) is 0. The van der Waals surface area contributed by atoms with E-state index >= 15 is 0 Å². The normalized spacial score (nSPS) is 9.56. The van der Waals surface area contributed by atoms with Gasteiger partial charge in [-0.2, -0.15) is 0 Å². The average Bonchev–Trinajstić information content (AvgIpc) is 2.39. The Balaban J connectivity index is 2.24. The van der Waals surface area contributed by atoms with Crippen LogP contribution in [-0.4, -0.2) is 18.5 Å². The zero-order chi connectivity index (χ0) is 13.2. The van der Waals surface area contributed by atoms with Gasteiger partial charge >= 0.3 is 6.03 Å². The molecule has 0 aliphatic heterocycles. The van der Waals surface area contributed by atoms with Gasteiger partial charge in [0.05, 0.1) is 0 Å². The Labute approximate surface area is 107 Å². The largest absolute Gasteiger partial charge is 0.338 e. The van der Waals surface area contributed by atoms with Gasteiger partial charge in [-0.25, -0.2) is 4.79 Å². The number of hydrogen-bond donors (Lipinski definition) is 2. The fourth-order valence-electron chi connectivity index (χ4n) is 1.42. The van der Waals surface area contributed by atoms with Crippen LogP contribution in [0.2, 0.25) is 0 Å². The summed E-state index contributed by atoms with van der Waals surface area (Å²) in [4.78, 5) is 23.0. The SMILES string of the molecule is C=CCCCCNC(=O)NC(=O)c1ccccc1. The number of carbonyl (C=O) groups excluding carboxylic acids is 2. The molecule has 0 atom stereocenters. The lowest BCUT2D eigenvalue weighted by atomic mass is 10.2. The van der Waals surface area contributed by atoms with E-state index in [1.54, 1.807) is 24.3 Å². The monoisotopic (exact) mass is 246 g/mol. The number of carbonyl (C=O) groups is 2. The van der Waals surface area contributed by atoms with Gasteiger partial charge < -0.3 is 5.32 Å². The van der Waals surface area contributed by atoms with Crippen molar-refractivity contribution in [3.63, 3.8) is 0 Å². The molecule has 3 amide bonds. The summed E-state index contributed by atoms with van der Waals surface area (Å²) in [6.07, 6.45) is 4.64. The molecule has 18 heavy (non-hydrogen) atoms. The lowest BCUT2D eigenvalue weighted by molar-refractivity contribution is 0.0964. The van der Waals surface area contributed by atoms with Crippen molar-refractivity contribution >= 4 is 11.9 Å². The first kappa shape index (κ1) is 14.0. The first-order chi connectivity index (χ1) is 8.74. The van der Waals surface area contributed by atoms with Gasteiger partial charge in [0.2, 0.25) is 0 Å². The van der Waals surface area contributed by atoms with Gasteiger partial charge in [-0.15, -0.1) is 6.58 Å². The molecule has 0 aliphatic carbocycles. The Morgan fingerprint density at radius 3 is 2.56 bits per heavy atom. The maximum absolute atomic E-state index is 11.6. The van der Waals surface area contributed by atoms with Crippen molar-refractivity contribution in [1.29, 1.82) is 0 Å². The molecule has 0 saturated heterocycles. The highest BCUT2D eigenvalue weighted by Crippen LogP contribution is 1.97. The maximum Gasteiger partial charge on any atom is 0.321 e. The van der Waals surface area contributed by atoms with E-state index in [2.05, 4.69) is 17.2 Å². The van der Waals surface area contributed by atoms with E-state index in [1.807, 2.05) is 12.1 Å². The van der Waals surface area contributed by atoms with Crippen molar-refractivity contribution in [2.24, 2.45) is 0 Å². The van der Waals surface area contributed by atoms with E-state index in [0.717, 1.165) is 19.3 Å². The van der Waals surface area contributed by atoms with Crippen LogP contribution in [0.5, 0.6) is 0 Å². The molecule has 1 rings (SSSR count). The molecular formula is C14H18N2O2. The summed E-state index contributed by atoms with van der Waals surface area (Å²) in [5.41, 5.74) is 0.472. The van der Waals surface area contributed by atoms with Gasteiger partial charge in [0.15, 0.2) is 0 Å². The Hall–Kier alpha value is -2.10. The zero-order valence-electron chi connectivity index (χ0n) is 10.3. The van der Waals surface area contributed by atoms with Gasteiger partial charge in [0.1, 0.15) is 0 Å². The minimum absolute atomic E-state index is 0.390. The predicted molar refractivity (Wildman–Crippen MR) is 71.4 cm³/mol. The zero-order valence-corrected chi connectivity index (χ0v) is 10.3. The summed E-state index contributed by atoms with van der Waals surface area (Å²) < 4.78 is 0. The summed E-state index contributed by atoms with van der Waals surface area (Å²) in [5, 5.41) is 4.92. The van der Waals surface area contributed by atoms with Crippen molar-refractivity contribution < 1.29 is 9.59 Å². The molecule has 0 fully saturated rings. The Bertz CT molecular complexity index is 402. The number of amides is 3. The van der Waals surface area contributed by atoms with E-state index in [0.29, 0.717) is 12.1 Å². The van der Waals surface area contributed by atoms with E-state index in [1.165, 1.54) is 0 Å². The van der Waals surface area contributed by atoms with E-state index < -0.39 is 6.03 Å². The highest BCUT2D eigenvalue weighted by molar-refractivity contribution is 6.04. The quantitative estimate of drug-likeness (QED) is 0.598. The van der Waals surface area contributed by atoms with Crippen LogP contribution < -0.4 is 10.6 Å². The van der Waals surface area contributed by atoms with E-state index in [-0.39, 0.29) is 5.91 Å². The molecule has 0 bridgehead atoms. The fourth-order valence-corrected chi connectivity index (χ4v) is 1.42. The smallest absolute Gasteiger partial charge is 0.321 e. The number of urea groups is 1.